The molecule has 4 N–H and O–H groups in total. The molecule has 1 unspecified atom stereocenters. The number of rotatable bonds is 6. The number of hydrogen-bond acceptors (Lipinski definition) is 4. The molecule has 0 aromatic heterocycles. The minimum Gasteiger partial charge on any atom is -0.390 e. The van der Waals surface area contributed by atoms with Gasteiger partial charge in [-0.15, -0.1) is 0 Å². The van der Waals surface area contributed by atoms with Crippen molar-refractivity contribution in [2.45, 2.75) is 12.5 Å². The van der Waals surface area contributed by atoms with Crippen LogP contribution in [0.5, 0.6) is 0 Å². The summed E-state index contributed by atoms with van der Waals surface area (Å²) in [6.45, 7) is 1.40. The van der Waals surface area contributed by atoms with Crippen molar-refractivity contribution in [2.75, 3.05) is 33.7 Å². The summed E-state index contributed by atoms with van der Waals surface area (Å²) in [6.07, 6.45) is -0.0562. The summed E-state index contributed by atoms with van der Waals surface area (Å²) in [6, 6.07) is 0. The van der Waals surface area contributed by atoms with E-state index in [2.05, 4.69) is 5.32 Å². The van der Waals surface area contributed by atoms with Gasteiger partial charge in [-0.05, 0) is 7.05 Å². The van der Waals surface area contributed by atoms with Crippen LogP contribution < -0.4 is 11.1 Å². The maximum atomic E-state index is 10.8. The van der Waals surface area contributed by atoms with Gasteiger partial charge in [-0.1, -0.05) is 0 Å². The molecule has 0 aliphatic carbocycles. The summed E-state index contributed by atoms with van der Waals surface area (Å²) in [5.41, 5.74) is 5.25. The minimum atomic E-state index is -0.505. The Kier molecular flexibility index (Phi) is 6.48. The van der Waals surface area contributed by atoms with E-state index in [4.69, 9.17) is 5.73 Å². The Labute approximate surface area is 78.9 Å². The molecule has 13 heavy (non-hydrogen) atoms. The third-order valence-corrected chi connectivity index (χ3v) is 1.79. The van der Waals surface area contributed by atoms with Crippen LogP contribution in [-0.2, 0) is 4.79 Å². The second-order valence-electron chi connectivity index (χ2n) is 3.07. The van der Waals surface area contributed by atoms with E-state index in [0.29, 0.717) is 19.5 Å². The molecule has 0 spiro atoms. The maximum absolute atomic E-state index is 10.8. The number of aliphatic hydroxyl groups is 1. The Morgan fingerprint density at radius 3 is 2.77 bits per heavy atom. The zero-order valence-corrected chi connectivity index (χ0v) is 8.29. The Hall–Kier alpha value is -0.650. The summed E-state index contributed by atoms with van der Waals surface area (Å²) in [7, 11) is 3.46. The molecule has 1 atom stereocenters. The molecule has 0 aliphatic heterocycles. The van der Waals surface area contributed by atoms with Crippen LogP contribution >= 0.6 is 0 Å². The van der Waals surface area contributed by atoms with Crippen LogP contribution in [0.3, 0.4) is 0 Å². The van der Waals surface area contributed by atoms with Crippen LogP contribution in [0.4, 0.5) is 0 Å². The third kappa shape index (κ3) is 6.51. The quantitative estimate of drug-likeness (QED) is 0.469. The lowest BCUT2D eigenvalue weighted by atomic mass is 10.3. The van der Waals surface area contributed by atoms with E-state index in [-0.39, 0.29) is 12.5 Å². The Bertz CT molecular complexity index is 152. The first-order valence-corrected chi connectivity index (χ1v) is 4.37. The first-order chi connectivity index (χ1) is 6.10. The second-order valence-corrected chi connectivity index (χ2v) is 3.07. The van der Waals surface area contributed by atoms with Crippen LogP contribution in [0.15, 0.2) is 0 Å². The number of likely N-dealkylation sites (N-methyl/N-ethyl adjacent to an activating group) is 1. The molecule has 0 bridgehead atoms. The fourth-order valence-corrected chi connectivity index (χ4v) is 0.943. The number of hydrogen-bond donors (Lipinski definition) is 3. The zero-order valence-electron chi connectivity index (χ0n) is 8.29. The van der Waals surface area contributed by atoms with E-state index in [9.17, 15) is 9.90 Å². The highest BCUT2D eigenvalue weighted by Crippen LogP contribution is 1.90. The summed E-state index contributed by atoms with van der Waals surface area (Å²) >= 11 is 0. The molecular formula is C8H19N3O2. The van der Waals surface area contributed by atoms with Gasteiger partial charge in [-0.3, -0.25) is 4.79 Å². The van der Waals surface area contributed by atoms with Crippen LogP contribution in [0, 0.1) is 0 Å². The lowest BCUT2D eigenvalue weighted by molar-refractivity contribution is -0.120. The van der Waals surface area contributed by atoms with Crippen molar-refractivity contribution >= 4 is 5.91 Å². The molecule has 78 valence electrons. The highest BCUT2D eigenvalue weighted by Gasteiger charge is 2.07. The van der Waals surface area contributed by atoms with Crippen molar-refractivity contribution in [3.8, 4) is 0 Å². The first kappa shape index (κ1) is 12.3. The highest BCUT2D eigenvalue weighted by atomic mass is 16.3. The van der Waals surface area contributed by atoms with Crippen LogP contribution in [-0.4, -0.2) is 55.7 Å². The van der Waals surface area contributed by atoms with Gasteiger partial charge in [-0.25, -0.2) is 0 Å². The second kappa shape index (κ2) is 6.82. The number of carbonyl (C=O) groups excluding carboxylic acids is 1. The SMILES string of the molecule is CNC(=O)CCN(C)CC(O)CN. The summed E-state index contributed by atoms with van der Waals surface area (Å²) in [5.74, 6) is 0.00842. The molecule has 0 saturated carbocycles. The van der Waals surface area contributed by atoms with Crippen LogP contribution in [0.1, 0.15) is 6.42 Å². The normalized spacial score (nSPS) is 13.0. The van der Waals surface area contributed by atoms with Crippen molar-refractivity contribution in [2.24, 2.45) is 5.73 Å². The molecule has 5 nitrogen and oxygen atoms in total. The van der Waals surface area contributed by atoms with E-state index >= 15 is 0 Å². The lowest BCUT2D eigenvalue weighted by Gasteiger charge is -2.18. The average Bonchev–Trinajstić information content (AvgIpc) is 2.13. The molecule has 0 rings (SSSR count). The fourth-order valence-electron chi connectivity index (χ4n) is 0.943. The fraction of sp³-hybridized carbons (Fsp3) is 0.875. The smallest absolute Gasteiger partial charge is 0.221 e. The highest BCUT2D eigenvalue weighted by molar-refractivity contribution is 5.75. The monoisotopic (exact) mass is 189 g/mol. The number of amides is 1. The van der Waals surface area contributed by atoms with Gasteiger partial charge < -0.3 is 21.1 Å². The minimum absolute atomic E-state index is 0.00842. The predicted octanol–water partition coefficient (Wildman–Crippen LogP) is -1.63. The lowest BCUT2D eigenvalue weighted by Crippen LogP contribution is -2.36. The number of aliphatic hydroxyl groups excluding tert-OH is 1. The predicted molar refractivity (Wildman–Crippen MR) is 51.2 cm³/mol. The van der Waals surface area contributed by atoms with Gasteiger partial charge in [0.05, 0.1) is 6.10 Å². The van der Waals surface area contributed by atoms with E-state index < -0.39 is 6.10 Å². The van der Waals surface area contributed by atoms with Crippen molar-refractivity contribution in [1.82, 2.24) is 10.2 Å². The molecule has 0 aliphatic rings. The van der Waals surface area contributed by atoms with E-state index in [1.54, 1.807) is 7.05 Å². The standard InChI is InChI=1S/C8H19N3O2/c1-10-8(13)3-4-11(2)6-7(12)5-9/h7,12H,3-6,9H2,1-2H3,(H,10,13). The molecular weight excluding hydrogens is 170 g/mol. The molecule has 0 saturated heterocycles. The van der Waals surface area contributed by atoms with Gasteiger partial charge in [0.25, 0.3) is 0 Å². The topological polar surface area (TPSA) is 78.6 Å². The van der Waals surface area contributed by atoms with Gasteiger partial charge in [0.2, 0.25) is 5.91 Å². The molecule has 0 aromatic carbocycles. The molecule has 0 fully saturated rings. The summed E-state index contributed by atoms with van der Waals surface area (Å²) in [5, 5.41) is 11.7. The van der Waals surface area contributed by atoms with Crippen molar-refractivity contribution in [3.63, 3.8) is 0 Å². The Balaban J connectivity index is 3.50. The Morgan fingerprint density at radius 2 is 2.31 bits per heavy atom. The van der Waals surface area contributed by atoms with E-state index in [0.717, 1.165) is 0 Å². The molecule has 0 radical (unpaired) electrons. The van der Waals surface area contributed by atoms with Gasteiger partial charge in [0.15, 0.2) is 0 Å². The summed E-state index contributed by atoms with van der Waals surface area (Å²) in [4.78, 5) is 12.7. The Morgan fingerprint density at radius 1 is 1.69 bits per heavy atom. The third-order valence-electron chi connectivity index (χ3n) is 1.79. The van der Waals surface area contributed by atoms with Gasteiger partial charge in [0, 0.05) is 33.1 Å². The van der Waals surface area contributed by atoms with Crippen molar-refractivity contribution in [1.29, 1.82) is 0 Å². The number of carbonyl (C=O) groups is 1. The zero-order chi connectivity index (χ0) is 10.3. The molecule has 1 amide bonds. The van der Waals surface area contributed by atoms with Crippen LogP contribution in [0.2, 0.25) is 0 Å². The van der Waals surface area contributed by atoms with Crippen molar-refractivity contribution < 1.29 is 9.90 Å². The molecule has 0 heterocycles. The molecule has 0 aromatic rings. The van der Waals surface area contributed by atoms with Crippen LogP contribution in [0.25, 0.3) is 0 Å². The summed E-state index contributed by atoms with van der Waals surface area (Å²) < 4.78 is 0. The average molecular weight is 189 g/mol. The van der Waals surface area contributed by atoms with Gasteiger partial charge >= 0.3 is 0 Å². The number of nitrogens with one attached hydrogen (secondary N) is 1. The van der Waals surface area contributed by atoms with Crippen molar-refractivity contribution in [3.05, 3.63) is 0 Å². The van der Waals surface area contributed by atoms with E-state index in [1.165, 1.54) is 0 Å². The molecule has 5 heteroatoms. The first-order valence-electron chi connectivity index (χ1n) is 4.37. The van der Waals surface area contributed by atoms with Gasteiger partial charge in [0.1, 0.15) is 0 Å². The van der Waals surface area contributed by atoms with Gasteiger partial charge in [-0.2, -0.15) is 0 Å². The maximum Gasteiger partial charge on any atom is 0.221 e. The number of nitrogens with zero attached hydrogens (tertiary/aromatic N) is 1. The largest absolute Gasteiger partial charge is 0.390 e. The number of nitrogens with two attached hydrogens (primary N) is 1. The van der Waals surface area contributed by atoms with E-state index in [1.807, 2.05) is 11.9 Å².